The first kappa shape index (κ1) is 13.3. The van der Waals surface area contributed by atoms with Crippen LogP contribution in [0.4, 0.5) is 4.79 Å². The van der Waals surface area contributed by atoms with Crippen LogP contribution >= 0.6 is 0 Å². The Kier molecular flexibility index (Phi) is 5.06. The van der Waals surface area contributed by atoms with Gasteiger partial charge in [0.25, 0.3) is 0 Å². The number of carbonyl (C=O) groups is 1. The Morgan fingerprint density at radius 1 is 1.31 bits per heavy atom. The summed E-state index contributed by atoms with van der Waals surface area (Å²) in [5.74, 6) is 0.634. The zero-order valence-corrected chi connectivity index (χ0v) is 10.6. The lowest BCUT2D eigenvalue weighted by molar-refractivity contribution is -0.0222. The van der Waals surface area contributed by atoms with Crippen molar-refractivity contribution in [3.8, 4) is 0 Å². The van der Waals surface area contributed by atoms with Crippen LogP contribution in [0.2, 0.25) is 0 Å². The minimum atomic E-state index is -0.563. The summed E-state index contributed by atoms with van der Waals surface area (Å²) >= 11 is 0. The largest absolute Gasteiger partial charge is 0.508 e. The van der Waals surface area contributed by atoms with Gasteiger partial charge in [-0.15, -0.1) is 0 Å². The molecule has 0 N–H and O–H groups in total. The zero-order valence-electron chi connectivity index (χ0n) is 10.6. The van der Waals surface area contributed by atoms with Crippen molar-refractivity contribution in [3.63, 3.8) is 0 Å². The Morgan fingerprint density at radius 3 is 2.50 bits per heavy atom. The van der Waals surface area contributed by atoms with E-state index in [0.29, 0.717) is 18.9 Å². The number of hydrogen-bond donors (Lipinski definition) is 0. The first-order valence-electron chi connectivity index (χ1n) is 5.96. The predicted octanol–water partition coefficient (Wildman–Crippen LogP) is 2.75. The SMILES string of the molecule is CC(C)CC(C)OC(C)CC1COC(=O)O1. The van der Waals surface area contributed by atoms with Gasteiger partial charge in [0.05, 0.1) is 12.2 Å². The highest BCUT2D eigenvalue weighted by Gasteiger charge is 2.27. The number of carbonyl (C=O) groups excluding carboxylic acids is 1. The molecule has 16 heavy (non-hydrogen) atoms. The van der Waals surface area contributed by atoms with E-state index >= 15 is 0 Å². The van der Waals surface area contributed by atoms with Gasteiger partial charge in [-0.05, 0) is 26.2 Å². The molecule has 1 fully saturated rings. The molecular formula is C12H22O4. The van der Waals surface area contributed by atoms with Crippen LogP contribution in [0, 0.1) is 5.92 Å². The molecule has 0 aromatic carbocycles. The first-order chi connectivity index (χ1) is 7.47. The van der Waals surface area contributed by atoms with E-state index in [9.17, 15) is 4.79 Å². The molecule has 3 atom stereocenters. The lowest BCUT2D eigenvalue weighted by Crippen LogP contribution is -2.24. The monoisotopic (exact) mass is 230 g/mol. The van der Waals surface area contributed by atoms with Gasteiger partial charge in [0.15, 0.2) is 0 Å². The molecule has 4 nitrogen and oxygen atoms in total. The average Bonchev–Trinajstić information content (AvgIpc) is 2.48. The maximum absolute atomic E-state index is 10.7. The maximum atomic E-state index is 10.7. The van der Waals surface area contributed by atoms with E-state index in [-0.39, 0.29) is 18.3 Å². The molecule has 0 amide bonds. The van der Waals surface area contributed by atoms with Crippen LogP contribution in [-0.2, 0) is 14.2 Å². The van der Waals surface area contributed by atoms with Crippen LogP contribution in [0.1, 0.15) is 40.5 Å². The fourth-order valence-corrected chi connectivity index (χ4v) is 2.02. The molecule has 0 spiro atoms. The molecule has 1 saturated heterocycles. The third-order valence-electron chi connectivity index (χ3n) is 2.51. The average molecular weight is 230 g/mol. The van der Waals surface area contributed by atoms with Crippen LogP contribution in [-0.4, -0.2) is 31.1 Å². The predicted molar refractivity (Wildman–Crippen MR) is 60.3 cm³/mol. The van der Waals surface area contributed by atoms with Crippen molar-refractivity contribution < 1.29 is 19.0 Å². The van der Waals surface area contributed by atoms with Crippen molar-refractivity contribution in [2.24, 2.45) is 5.92 Å². The number of hydrogen-bond acceptors (Lipinski definition) is 4. The summed E-state index contributed by atoms with van der Waals surface area (Å²) in [7, 11) is 0. The fourth-order valence-electron chi connectivity index (χ4n) is 2.02. The van der Waals surface area contributed by atoms with Gasteiger partial charge in [-0.1, -0.05) is 13.8 Å². The van der Waals surface area contributed by atoms with E-state index in [1.807, 2.05) is 6.92 Å². The number of cyclic esters (lactones) is 2. The van der Waals surface area contributed by atoms with Crippen molar-refractivity contribution in [3.05, 3.63) is 0 Å². The minimum absolute atomic E-state index is 0.0910. The second-order valence-electron chi connectivity index (χ2n) is 4.92. The zero-order chi connectivity index (χ0) is 12.1. The smallest absolute Gasteiger partial charge is 0.430 e. The van der Waals surface area contributed by atoms with Gasteiger partial charge in [0.2, 0.25) is 0 Å². The maximum Gasteiger partial charge on any atom is 0.508 e. The standard InChI is InChI=1S/C12H22O4/c1-8(2)5-9(3)15-10(4)6-11-7-14-12(13)16-11/h8-11H,5-7H2,1-4H3. The van der Waals surface area contributed by atoms with Gasteiger partial charge < -0.3 is 14.2 Å². The Labute approximate surface area is 97.2 Å². The van der Waals surface area contributed by atoms with Crippen LogP contribution in [0.3, 0.4) is 0 Å². The molecule has 0 aromatic heterocycles. The first-order valence-corrected chi connectivity index (χ1v) is 5.96. The molecular weight excluding hydrogens is 208 g/mol. The summed E-state index contributed by atoms with van der Waals surface area (Å²) in [5, 5.41) is 0. The van der Waals surface area contributed by atoms with Gasteiger partial charge in [-0.3, -0.25) is 0 Å². The highest BCUT2D eigenvalue weighted by molar-refractivity contribution is 5.61. The van der Waals surface area contributed by atoms with Gasteiger partial charge in [-0.25, -0.2) is 4.79 Å². The molecule has 0 aromatic rings. The molecule has 1 rings (SSSR count). The summed E-state index contributed by atoms with van der Waals surface area (Å²) in [6, 6.07) is 0. The second kappa shape index (κ2) is 6.09. The van der Waals surface area contributed by atoms with E-state index < -0.39 is 6.16 Å². The van der Waals surface area contributed by atoms with Gasteiger partial charge >= 0.3 is 6.16 Å². The lowest BCUT2D eigenvalue weighted by atomic mass is 10.1. The number of ether oxygens (including phenoxy) is 3. The fraction of sp³-hybridized carbons (Fsp3) is 0.917. The van der Waals surface area contributed by atoms with Crippen molar-refractivity contribution in [1.82, 2.24) is 0 Å². The summed E-state index contributed by atoms with van der Waals surface area (Å²) in [6.45, 7) is 8.79. The van der Waals surface area contributed by atoms with Gasteiger partial charge in [0.1, 0.15) is 12.7 Å². The van der Waals surface area contributed by atoms with E-state index in [2.05, 4.69) is 20.8 Å². The van der Waals surface area contributed by atoms with E-state index in [1.54, 1.807) is 0 Å². The lowest BCUT2D eigenvalue weighted by Gasteiger charge is -2.21. The van der Waals surface area contributed by atoms with Gasteiger partial charge in [-0.2, -0.15) is 0 Å². The molecule has 0 bridgehead atoms. The second-order valence-corrected chi connectivity index (χ2v) is 4.92. The highest BCUT2D eigenvalue weighted by atomic mass is 16.8. The van der Waals surface area contributed by atoms with E-state index in [1.165, 1.54) is 0 Å². The summed E-state index contributed by atoms with van der Waals surface area (Å²) in [4.78, 5) is 10.7. The van der Waals surface area contributed by atoms with E-state index in [0.717, 1.165) is 6.42 Å². The van der Waals surface area contributed by atoms with Crippen LogP contribution in [0.5, 0.6) is 0 Å². The third kappa shape index (κ3) is 4.84. The van der Waals surface area contributed by atoms with Crippen molar-refractivity contribution >= 4 is 6.16 Å². The quantitative estimate of drug-likeness (QED) is 0.658. The molecule has 1 heterocycles. The molecule has 94 valence electrons. The Hall–Kier alpha value is -0.770. The van der Waals surface area contributed by atoms with Gasteiger partial charge in [0, 0.05) is 6.42 Å². The third-order valence-corrected chi connectivity index (χ3v) is 2.51. The summed E-state index contributed by atoms with van der Waals surface area (Å²) in [6.07, 6.45) is 1.38. The van der Waals surface area contributed by atoms with Crippen LogP contribution < -0.4 is 0 Å². The normalized spacial score (nSPS) is 24.1. The molecule has 1 aliphatic rings. The van der Waals surface area contributed by atoms with E-state index in [4.69, 9.17) is 14.2 Å². The minimum Gasteiger partial charge on any atom is -0.430 e. The Morgan fingerprint density at radius 2 is 2.00 bits per heavy atom. The molecule has 1 aliphatic heterocycles. The Bertz CT molecular complexity index is 227. The molecule has 0 aliphatic carbocycles. The van der Waals surface area contributed by atoms with Crippen molar-refractivity contribution in [1.29, 1.82) is 0 Å². The molecule has 0 saturated carbocycles. The molecule has 0 radical (unpaired) electrons. The molecule has 4 heteroatoms. The van der Waals surface area contributed by atoms with Crippen molar-refractivity contribution in [2.45, 2.75) is 58.8 Å². The van der Waals surface area contributed by atoms with Crippen LogP contribution in [0.15, 0.2) is 0 Å². The number of rotatable bonds is 6. The topological polar surface area (TPSA) is 44.8 Å². The Balaban J connectivity index is 2.19. The summed E-state index contributed by atoms with van der Waals surface area (Å²) in [5.41, 5.74) is 0. The van der Waals surface area contributed by atoms with Crippen LogP contribution in [0.25, 0.3) is 0 Å². The van der Waals surface area contributed by atoms with Crippen molar-refractivity contribution in [2.75, 3.05) is 6.61 Å². The summed E-state index contributed by atoms with van der Waals surface area (Å²) < 4.78 is 15.5. The highest BCUT2D eigenvalue weighted by Crippen LogP contribution is 2.16. The molecule has 3 unspecified atom stereocenters.